The summed E-state index contributed by atoms with van der Waals surface area (Å²) in [6.45, 7) is 0.806. The second-order valence-corrected chi connectivity index (χ2v) is 5.53. The maximum absolute atomic E-state index is 5.92. The zero-order valence-corrected chi connectivity index (χ0v) is 12.5. The number of rotatable bonds is 3. The second kappa shape index (κ2) is 5.62. The van der Waals surface area contributed by atoms with Gasteiger partial charge in [-0.15, -0.1) is 0 Å². The van der Waals surface area contributed by atoms with E-state index in [4.69, 9.17) is 17.3 Å². The Morgan fingerprint density at radius 1 is 1.10 bits per heavy atom. The van der Waals surface area contributed by atoms with Gasteiger partial charge in [0.15, 0.2) is 0 Å². The van der Waals surface area contributed by atoms with Gasteiger partial charge in [0.1, 0.15) is 0 Å². The smallest absolute Gasteiger partial charge is 0.0743 e. The molecule has 0 atom stereocenters. The van der Waals surface area contributed by atoms with Gasteiger partial charge in [0.05, 0.1) is 5.52 Å². The highest BCUT2D eigenvalue weighted by Gasteiger charge is 2.07. The van der Waals surface area contributed by atoms with Gasteiger partial charge in [-0.3, -0.25) is 4.98 Å². The van der Waals surface area contributed by atoms with E-state index >= 15 is 0 Å². The van der Waals surface area contributed by atoms with E-state index < -0.39 is 0 Å². The van der Waals surface area contributed by atoms with E-state index in [-0.39, 0.29) is 0 Å². The molecule has 21 heavy (non-hydrogen) atoms. The summed E-state index contributed by atoms with van der Waals surface area (Å²) in [7, 11) is 2.07. The van der Waals surface area contributed by atoms with Crippen molar-refractivity contribution in [2.75, 3.05) is 17.7 Å². The van der Waals surface area contributed by atoms with Gasteiger partial charge < -0.3 is 10.6 Å². The number of nitrogens with two attached hydrogens (primary N) is 1. The molecule has 0 aliphatic rings. The van der Waals surface area contributed by atoms with Crippen LogP contribution >= 0.6 is 11.6 Å². The average Bonchev–Trinajstić information content (AvgIpc) is 2.48. The number of hydrogen-bond acceptors (Lipinski definition) is 3. The molecule has 0 saturated carbocycles. The van der Waals surface area contributed by atoms with Crippen molar-refractivity contribution in [3.63, 3.8) is 0 Å². The molecule has 0 bridgehead atoms. The normalized spacial score (nSPS) is 10.8. The number of pyridine rings is 1. The summed E-state index contributed by atoms with van der Waals surface area (Å²) >= 11 is 5.92. The fourth-order valence-electron chi connectivity index (χ4n) is 2.43. The standard InChI is InChI=1S/C17H16ClN3/c1-21(11-12-2-4-13(18)5-3-12)17-8-9-20-16-10-14(19)6-7-15(16)17/h2-10H,11,19H2,1H3. The molecule has 0 fully saturated rings. The van der Waals surface area contributed by atoms with Crippen LogP contribution in [0.1, 0.15) is 5.56 Å². The topological polar surface area (TPSA) is 42.2 Å². The van der Waals surface area contributed by atoms with Crippen molar-refractivity contribution in [2.45, 2.75) is 6.54 Å². The minimum Gasteiger partial charge on any atom is -0.399 e. The fourth-order valence-corrected chi connectivity index (χ4v) is 2.56. The SMILES string of the molecule is CN(Cc1ccc(Cl)cc1)c1ccnc2cc(N)ccc12. The first-order valence-corrected chi connectivity index (χ1v) is 7.11. The van der Waals surface area contributed by atoms with Crippen LogP contribution in [0.2, 0.25) is 5.02 Å². The first-order chi connectivity index (χ1) is 10.1. The molecule has 0 radical (unpaired) electrons. The van der Waals surface area contributed by atoms with Gasteiger partial charge in [-0.25, -0.2) is 0 Å². The van der Waals surface area contributed by atoms with E-state index in [1.165, 1.54) is 5.56 Å². The van der Waals surface area contributed by atoms with Crippen LogP contribution in [0.25, 0.3) is 10.9 Å². The Morgan fingerprint density at radius 3 is 2.62 bits per heavy atom. The van der Waals surface area contributed by atoms with Gasteiger partial charge in [-0.1, -0.05) is 23.7 Å². The summed E-state index contributed by atoms with van der Waals surface area (Å²) in [6, 6.07) is 15.8. The molecule has 0 spiro atoms. The van der Waals surface area contributed by atoms with E-state index in [1.54, 1.807) is 0 Å². The Bertz CT molecular complexity index is 769. The highest BCUT2D eigenvalue weighted by atomic mass is 35.5. The monoisotopic (exact) mass is 297 g/mol. The number of benzene rings is 2. The predicted octanol–water partition coefficient (Wildman–Crippen LogP) is 4.11. The van der Waals surface area contributed by atoms with Crippen molar-refractivity contribution in [1.82, 2.24) is 4.98 Å². The predicted molar refractivity (Wildman–Crippen MR) is 89.7 cm³/mol. The molecule has 1 heterocycles. The molecule has 4 heteroatoms. The van der Waals surface area contributed by atoms with Gasteiger partial charge in [-0.05, 0) is 42.0 Å². The van der Waals surface area contributed by atoms with Crippen LogP contribution in [0.5, 0.6) is 0 Å². The first-order valence-electron chi connectivity index (χ1n) is 6.73. The molecule has 0 amide bonds. The van der Waals surface area contributed by atoms with Crippen molar-refractivity contribution < 1.29 is 0 Å². The molecular formula is C17H16ClN3. The number of aromatic nitrogens is 1. The fraction of sp³-hybridized carbons (Fsp3) is 0.118. The Hall–Kier alpha value is -2.26. The summed E-state index contributed by atoms with van der Waals surface area (Å²) < 4.78 is 0. The Labute approximate surface area is 129 Å². The second-order valence-electron chi connectivity index (χ2n) is 5.09. The highest BCUT2D eigenvalue weighted by molar-refractivity contribution is 6.30. The Balaban J connectivity index is 1.94. The van der Waals surface area contributed by atoms with Crippen LogP contribution in [-0.4, -0.2) is 12.0 Å². The number of hydrogen-bond donors (Lipinski definition) is 1. The first kappa shape index (κ1) is 13.7. The molecule has 106 valence electrons. The highest BCUT2D eigenvalue weighted by Crippen LogP contribution is 2.27. The summed E-state index contributed by atoms with van der Waals surface area (Å²) in [5, 5.41) is 1.86. The quantitative estimate of drug-likeness (QED) is 0.740. The van der Waals surface area contributed by atoms with Crippen LogP contribution in [0, 0.1) is 0 Å². The van der Waals surface area contributed by atoms with Crippen LogP contribution < -0.4 is 10.6 Å². The van der Waals surface area contributed by atoms with Gasteiger partial charge >= 0.3 is 0 Å². The largest absolute Gasteiger partial charge is 0.399 e. The molecule has 0 aliphatic carbocycles. The van der Waals surface area contributed by atoms with Gasteiger partial charge in [0.2, 0.25) is 0 Å². The van der Waals surface area contributed by atoms with Crippen molar-refractivity contribution in [2.24, 2.45) is 0 Å². The third-order valence-corrected chi connectivity index (χ3v) is 3.74. The van der Waals surface area contributed by atoms with Crippen molar-refractivity contribution in [1.29, 1.82) is 0 Å². The average molecular weight is 298 g/mol. The minimum absolute atomic E-state index is 0.729. The molecule has 1 aromatic heterocycles. The molecule has 0 unspecified atom stereocenters. The van der Waals surface area contributed by atoms with Crippen LogP contribution in [-0.2, 0) is 6.54 Å². The summed E-state index contributed by atoms with van der Waals surface area (Å²) in [6.07, 6.45) is 1.81. The Morgan fingerprint density at radius 2 is 1.86 bits per heavy atom. The number of nitrogens with zero attached hydrogens (tertiary/aromatic N) is 2. The Kier molecular flexibility index (Phi) is 3.67. The van der Waals surface area contributed by atoms with E-state index in [9.17, 15) is 0 Å². The number of fused-ring (bicyclic) bond motifs is 1. The van der Waals surface area contributed by atoms with E-state index in [0.29, 0.717) is 0 Å². The molecule has 3 aromatic rings. The van der Waals surface area contributed by atoms with Gasteiger partial charge in [0.25, 0.3) is 0 Å². The lowest BCUT2D eigenvalue weighted by Gasteiger charge is -2.21. The lowest BCUT2D eigenvalue weighted by atomic mass is 10.1. The van der Waals surface area contributed by atoms with E-state index in [0.717, 1.165) is 33.8 Å². The molecule has 2 aromatic carbocycles. The third-order valence-electron chi connectivity index (χ3n) is 3.49. The molecular weight excluding hydrogens is 282 g/mol. The van der Waals surface area contributed by atoms with E-state index in [1.807, 2.05) is 54.7 Å². The maximum Gasteiger partial charge on any atom is 0.0743 e. The van der Waals surface area contributed by atoms with Crippen molar-refractivity contribution >= 4 is 33.9 Å². The number of halogens is 1. The minimum atomic E-state index is 0.729. The number of nitrogen functional groups attached to an aromatic ring is 1. The van der Waals surface area contributed by atoms with Gasteiger partial charge in [0, 0.05) is 41.6 Å². The maximum atomic E-state index is 5.92. The summed E-state index contributed by atoms with van der Waals surface area (Å²) in [5.41, 5.74) is 9.81. The van der Waals surface area contributed by atoms with Crippen LogP contribution in [0.3, 0.4) is 0 Å². The lowest BCUT2D eigenvalue weighted by molar-refractivity contribution is 0.927. The van der Waals surface area contributed by atoms with E-state index in [2.05, 4.69) is 16.9 Å². The van der Waals surface area contributed by atoms with Crippen LogP contribution in [0.15, 0.2) is 54.7 Å². The number of anilines is 2. The molecule has 3 rings (SSSR count). The summed E-state index contributed by atoms with van der Waals surface area (Å²) in [4.78, 5) is 6.58. The molecule has 0 aliphatic heterocycles. The zero-order chi connectivity index (χ0) is 14.8. The van der Waals surface area contributed by atoms with Crippen molar-refractivity contribution in [3.8, 4) is 0 Å². The molecule has 2 N–H and O–H groups in total. The van der Waals surface area contributed by atoms with Crippen LogP contribution in [0.4, 0.5) is 11.4 Å². The lowest BCUT2D eigenvalue weighted by Crippen LogP contribution is -2.16. The molecule has 0 saturated heterocycles. The molecule has 3 nitrogen and oxygen atoms in total. The third kappa shape index (κ3) is 2.93. The van der Waals surface area contributed by atoms with Crippen molar-refractivity contribution in [3.05, 3.63) is 65.3 Å². The van der Waals surface area contributed by atoms with Gasteiger partial charge in [-0.2, -0.15) is 0 Å². The summed E-state index contributed by atoms with van der Waals surface area (Å²) in [5.74, 6) is 0. The zero-order valence-electron chi connectivity index (χ0n) is 11.8.